The van der Waals surface area contributed by atoms with Crippen molar-refractivity contribution in [3.8, 4) is 0 Å². The number of Topliss-reactive ketones (excluding diaryl/α,β-unsaturated/α-hetero) is 1. The van der Waals surface area contributed by atoms with Crippen molar-refractivity contribution in [1.82, 2.24) is 0 Å². The number of ketones is 1. The average molecular weight is 246 g/mol. The van der Waals surface area contributed by atoms with E-state index in [2.05, 4.69) is 0 Å². The first-order chi connectivity index (χ1) is 8.06. The van der Waals surface area contributed by atoms with Crippen LogP contribution in [0.4, 0.5) is 0 Å². The normalized spacial score (nSPS) is 29.1. The van der Waals surface area contributed by atoms with E-state index in [1.165, 1.54) is 0 Å². The Morgan fingerprint density at radius 2 is 2.24 bits per heavy atom. The predicted molar refractivity (Wildman–Crippen MR) is 57.2 cm³/mol. The fourth-order valence-corrected chi connectivity index (χ4v) is 1.48. The maximum atomic E-state index is 11.2. The van der Waals surface area contributed by atoms with E-state index in [9.17, 15) is 19.8 Å². The van der Waals surface area contributed by atoms with E-state index in [4.69, 9.17) is 9.47 Å². The molecule has 1 heterocycles. The predicted octanol–water partition coefficient (Wildman–Crippen LogP) is -0.591. The third-order valence-electron chi connectivity index (χ3n) is 2.62. The van der Waals surface area contributed by atoms with Crippen LogP contribution in [0.5, 0.6) is 0 Å². The number of carbonyl (C=O) groups is 2. The number of rotatable bonds is 5. The Morgan fingerprint density at radius 1 is 1.53 bits per heavy atom. The van der Waals surface area contributed by atoms with E-state index in [-0.39, 0.29) is 19.2 Å². The van der Waals surface area contributed by atoms with Gasteiger partial charge in [-0.2, -0.15) is 0 Å². The first-order valence-electron chi connectivity index (χ1n) is 5.72. The Labute approximate surface area is 99.5 Å². The van der Waals surface area contributed by atoms with Gasteiger partial charge in [-0.25, -0.2) is 0 Å². The molecule has 0 amide bonds. The Bertz CT molecular complexity index is 277. The van der Waals surface area contributed by atoms with Gasteiger partial charge in [-0.1, -0.05) is 13.3 Å². The van der Waals surface area contributed by atoms with Gasteiger partial charge in [-0.05, 0) is 6.42 Å². The molecule has 0 aromatic heterocycles. The van der Waals surface area contributed by atoms with Crippen LogP contribution >= 0.6 is 0 Å². The van der Waals surface area contributed by atoms with Crippen LogP contribution in [0.1, 0.15) is 26.2 Å². The number of aliphatic hydroxyl groups is 2. The first-order valence-corrected chi connectivity index (χ1v) is 5.72. The van der Waals surface area contributed by atoms with E-state index < -0.39 is 24.1 Å². The smallest absolute Gasteiger partial charge is 0.305 e. The summed E-state index contributed by atoms with van der Waals surface area (Å²) in [5, 5.41) is 18.8. The third-order valence-corrected chi connectivity index (χ3v) is 2.62. The molecular weight excluding hydrogens is 228 g/mol. The van der Waals surface area contributed by atoms with Crippen molar-refractivity contribution in [3.05, 3.63) is 0 Å². The van der Waals surface area contributed by atoms with Gasteiger partial charge in [0.15, 0.2) is 5.78 Å². The molecule has 0 aromatic carbocycles. The molecule has 0 unspecified atom stereocenters. The van der Waals surface area contributed by atoms with Gasteiger partial charge in [0.2, 0.25) is 0 Å². The SMILES string of the molecule is CCCCC(=O)OC[C@H]1OCC(=O)[C@@H](O)[C@@H]1O. The van der Waals surface area contributed by atoms with Crippen LogP contribution in [0.3, 0.4) is 0 Å². The lowest BCUT2D eigenvalue weighted by Crippen LogP contribution is -2.52. The highest BCUT2D eigenvalue weighted by atomic mass is 16.6. The number of ether oxygens (including phenoxy) is 2. The Morgan fingerprint density at radius 3 is 2.88 bits per heavy atom. The van der Waals surface area contributed by atoms with E-state index in [1.807, 2.05) is 6.92 Å². The van der Waals surface area contributed by atoms with Crippen LogP contribution in [0, 0.1) is 0 Å². The van der Waals surface area contributed by atoms with Crippen molar-refractivity contribution in [2.24, 2.45) is 0 Å². The Balaban J connectivity index is 2.32. The molecule has 3 atom stereocenters. The largest absolute Gasteiger partial charge is 0.463 e. The molecule has 0 spiro atoms. The highest BCUT2D eigenvalue weighted by Crippen LogP contribution is 2.13. The van der Waals surface area contributed by atoms with E-state index in [0.29, 0.717) is 6.42 Å². The van der Waals surface area contributed by atoms with E-state index in [0.717, 1.165) is 12.8 Å². The fraction of sp³-hybridized carbons (Fsp3) is 0.818. The number of unbranched alkanes of at least 4 members (excludes halogenated alkanes) is 1. The molecule has 17 heavy (non-hydrogen) atoms. The topological polar surface area (TPSA) is 93.1 Å². The van der Waals surface area contributed by atoms with Crippen LogP contribution in [0.15, 0.2) is 0 Å². The molecule has 1 fully saturated rings. The van der Waals surface area contributed by atoms with Crippen LogP contribution in [-0.2, 0) is 19.1 Å². The zero-order valence-corrected chi connectivity index (χ0v) is 9.80. The summed E-state index contributed by atoms with van der Waals surface area (Å²) in [6.45, 7) is 1.55. The van der Waals surface area contributed by atoms with Gasteiger partial charge in [-0.3, -0.25) is 9.59 Å². The molecule has 0 saturated carbocycles. The second kappa shape index (κ2) is 6.68. The lowest BCUT2D eigenvalue weighted by molar-refractivity contribution is -0.177. The van der Waals surface area contributed by atoms with Gasteiger partial charge in [-0.15, -0.1) is 0 Å². The summed E-state index contributed by atoms with van der Waals surface area (Å²) < 4.78 is 9.88. The molecule has 6 heteroatoms. The quantitative estimate of drug-likeness (QED) is 0.630. The van der Waals surface area contributed by atoms with Crippen LogP contribution < -0.4 is 0 Å². The van der Waals surface area contributed by atoms with Crippen molar-refractivity contribution in [2.45, 2.75) is 44.5 Å². The molecule has 1 rings (SSSR count). The minimum atomic E-state index is -1.46. The van der Waals surface area contributed by atoms with Crippen molar-refractivity contribution in [1.29, 1.82) is 0 Å². The van der Waals surface area contributed by atoms with Crippen molar-refractivity contribution in [2.75, 3.05) is 13.2 Å². The number of aliphatic hydroxyl groups excluding tert-OH is 2. The summed E-state index contributed by atoms with van der Waals surface area (Å²) in [7, 11) is 0. The molecule has 0 radical (unpaired) electrons. The third kappa shape index (κ3) is 4.07. The standard InChI is InChI=1S/C11H18O6/c1-2-3-4-9(13)17-6-8-11(15)10(14)7(12)5-16-8/h8,10-11,14-15H,2-6H2,1H3/t8-,10-,11-/m1/s1. The molecule has 0 aromatic rings. The fourth-order valence-electron chi connectivity index (χ4n) is 1.48. The lowest BCUT2D eigenvalue weighted by atomic mass is 10.0. The zero-order chi connectivity index (χ0) is 12.8. The van der Waals surface area contributed by atoms with Crippen LogP contribution in [0.25, 0.3) is 0 Å². The maximum absolute atomic E-state index is 11.2. The number of hydrogen-bond donors (Lipinski definition) is 2. The summed E-state index contributed by atoms with van der Waals surface area (Å²) in [4.78, 5) is 22.2. The molecular formula is C11H18O6. The summed E-state index contributed by atoms with van der Waals surface area (Å²) in [6, 6.07) is 0. The summed E-state index contributed by atoms with van der Waals surface area (Å²) in [6.07, 6.45) is -1.67. The molecule has 2 N–H and O–H groups in total. The zero-order valence-electron chi connectivity index (χ0n) is 9.80. The van der Waals surface area contributed by atoms with Gasteiger partial charge in [0.05, 0.1) is 0 Å². The first kappa shape index (κ1) is 14.1. The minimum absolute atomic E-state index is 0.145. The van der Waals surface area contributed by atoms with E-state index >= 15 is 0 Å². The van der Waals surface area contributed by atoms with Gasteiger partial charge < -0.3 is 19.7 Å². The lowest BCUT2D eigenvalue weighted by Gasteiger charge is -2.30. The van der Waals surface area contributed by atoms with Crippen LogP contribution in [-0.4, -0.2) is 53.5 Å². The number of esters is 1. The number of hydrogen-bond acceptors (Lipinski definition) is 6. The van der Waals surface area contributed by atoms with Gasteiger partial charge in [0.25, 0.3) is 0 Å². The number of carbonyl (C=O) groups excluding carboxylic acids is 2. The second-order valence-corrected chi connectivity index (χ2v) is 4.04. The summed E-state index contributed by atoms with van der Waals surface area (Å²) >= 11 is 0. The summed E-state index contributed by atoms with van der Waals surface area (Å²) in [5.74, 6) is -0.930. The monoisotopic (exact) mass is 246 g/mol. The average Bonchev–Trinajstić information content (AvgIpc) is 2.32. The van der Waals surface area contributed by atoms with Crippen LogP contribution in [0.2, 0.25) is 0 Å². The molecule has 0 bridgehead atoms. The molecule has 1 saturated heterocycles. The van der Waals surface area contributed by atoms with Crippen molar-refractivity contribution < 1.29 is 29.3 Å². The molecule has 98 valence electrons. The van der Waals surface area contributed by atoms with Crippen molar-refractivity contribution in [3.63, 3.8) is 0 Å². The van der Waals surface area contributed by atoms with E-state index in [1.54, 1.807) is 0 Å². The molecule has 0 aliphatic carbocycles. The van der Waals surface area contributed by atoms with Gasteiger partial charge in [0.1, 0.15) is 31.5 Å². The Hall–Kier alpha value is -0.980. The van der Waals surface area contributed by atoms with Gasteiger partial charge in [0, 0.05) is 6.42 Å². The highest BCUT2D eigenvalue weighted by Gasteiger charge is 2.37. The maximum Gasteiger partial charge on any atom is 0.305 e. The second-order valence-electron chi connectivity index (χ2n) is 4.04. The Kier molecular flexibility index (Phi) is 5.54. The summed E-state index contributed by atoms with van der Waals surface area (Å²) in [5.41, 5.74) is 0. The molecule has 1 aliphatic rings. The van der Waals surface area contributed by atoms with Gasteiger partial charge >= 0.3 is 5.97 Å². The molecule has 1 aliphatic heterocycles. The van der Waals surface area contributed by atoms with Crippen molar-refractivity contribution >= 4 is 11.8 Å². The minimum Gasteiger partial charge on any atom is -0.463 e. The molecule has 6 nitrogen and oxygen atoms in total. The highest BCUT2D eigenvalue weighted by molar-refractivity contribution is 5.85.